The molecular weight excluding hydrogens is 270 g/mol. The van der Waals surface area contributed by atoms with E-state index in [9.17, 15) is 0 Å². The van der Waals surface area contributed by atoms with Crippen LogP contribution in [0.1, 0.15) is 12.7 Å². The molecule has 2 rings (SSSR count). The predicted molar refractivity (Wildman–Crippen MR) is 82.1 cm³/mol. The van der Waals surface area contributed by atoms with E-state index in [1.165, 1.54) is 0 Å². The monoisotopic (exact) mass is 291 g/mol. The van der Waals surface area contributed by atoms with Gasteiger partial charge in [-0.3, -0.25) is 0 Å². The van der Waals surface area contributed by atoms with Crippen molar-refractivity contribution in [2.75, 3.05) is 27.1 Å². The molecule has 0 unspecified atom stereocenters. The van der Waals surface area contributed by atoms with Gasteiger partial charge in [0.2, 0.25) is 5.75 Å². The van der Waals surface area contributed by atoms with Gasteiger partial charge in [0.1, 0.15) is 17.3 Å². The third-order valence-electron chi connectivity index (χ3n) is 3.45. The van der Waals surface area contributed by atoms with Gasteiger partial charge in [0.15, 0.2) is 11.5 Å². The van der Waals surface area contributed by atoms with E-state index in [4.69, 9.17) is 19.9 Å². The van der Waals surface area contributed by atoms with Gasteiger partial charge >= 0.3 is 0 Å². The Hall–Kier alpha value is -2.37. The molecule has 0 saturated heterocycles. The SMILES string of the molecule is CCn1c(C)nc(-c2cc(OC)c(OC)c(OC)c2)c1N. The summed E-state index contributed by atoms with van der Waals surface area (Å²) in [5.74, 6) is 3.21. The second-order valence-corrected chi connectivity index (χ2v) is 4.55. The fourth-order valence-corrected chi connectivity index (χ4v) is 2.41. The van der Waals surface area contributed by atoms with Crippen LogP contribution in [-0.2, 0) is 6.54 Å². The quantitative estimate of drug-likeness (QED) is 0.916. The predicted octanol–water partition coefficient (Wildman–Crippen LogP) is 2.49. The van der Waals surface area contributed by atoms with E-state index in [0.717, 1.165) is 17.9 Å². The molecule has 1 aromatic carbocycles. The van der Waals surface area contributed by atoms with Crippen molar-refractivity contribution < 1.29 is 14.2 Å². The van der Waals surface area contributed by atoms with Crippen LogP contribution < -0.4 is 19.9 Å². The number of benzene rings is 1. The summed E-state index contributed by atoms with van der Waals surface area (Å²) in [4.78, 5) is 4.54. The fourth-order valence-electron chi connectivity index (χ4n) is 2.41. The number of aryl methyl sites for hydroxylation is 1. The molecule has 0 atom stereocenters. The average Bonchev–Trinajstić information content (AvgIpc) is 2.79. The van der Waals surface area contributed by atoms with Crippen molar-refractivity contribution >= 4 is 5.82 Å². The van der Waals surface area contributed by atoms with E-state index < -0.39 is 0 Å². The standard InChI is InChI=1S/C15H21N3O3/c1-6-18-9(2)17-13(15(18)16)10-7-11(19-3)14(21-5)12(8-10)20-4/h7-8H,6,16H2,1-5H3. The molecule has 0 amide bonds. The molecule has 114 valence electrons. The zero-order chi connectivity index (χ0) is 15.6. The van der Waals surface area contributed by atoms with Crippen molar-refractivity contribution in [2.45, 2.75) is 20.4 Å². The van der Waals surface area contributed by atoms with Crippen LogP contribution in [0, 0.1) is 6.92 Å². The summed E-state index contributed by atoms with van der Waals surface area (Å²) >= 11 is 0. The first-order valence-corrected chi connectivity index (χ1v) is 6.70. The summed E-state index contributed by atoms with van der Waals surface area (Å²) in [6.45, 7) is 4.74. The van der Waals surface area contributed by atoms with E-state index in [1.807, 2.05) is 30.5 Å². The summed E-state index contributed by atoms with van der Waals surface area (Å²) < 4.78 is 18.0. The highest BCUT2D eigenvalue weighted by Gasteiger charge is 2.18. The number of nitrogens with zero attached hydrogens (tertiary/aromatic N) is 2. The fraction of sp³-hybridized carbons (Fsp3) is 0.400. The summed E-state index contributed by atoms with van der Waals surface area (Å²) in [7, 11) is 4.74. The van der Waals surface area contributed by atoms with Crippen molar-refractivity contribution in [3.05, 3.63) is 18.0 Å². The first-order chi connectivity index (χ1) is 10.1. The molecule has 0 aliphatic heterocycles. The number of imidazole rings is 1. The second kappa shape index (κ2) is 5.95. The molecule has 2 N–H and O–H groups in total. The van der Waals surface area contributed by atoms with Crippen molar-refractivity contribution in [3.63, 3.8) is 0 Å². The Morgan fingerprint density at radius 1 is 1.10 bits per heavy atom. The van der Waals surface area contributed by atoms with E-state index >= 15 is 0 Å². The summed E-state index contributed by atoms with van der Waals surface area (Å²) in [6, 6.07) is 3.69. The maximum atomic E-state index is 6.19. The highest BCUT2D eigenvalue weighted by atomic mass is 16.5. The van der Waals surface area contributed by atoms with Crippen molar-refractivity contribution in [2.24, 2.45) is 0 Å². The van der Waals surface area contributed by atoms with Crippen LogP contribution in [0.15, 0.2) is 12.1 Å². The van der Waals surface area contributed by atoms with E-state index in [1.54, 1.807) is 21.3 Å². The van der Waals surface area contributed by atoms with Gasteiger partial charge in [0.25, 0.3) is 0 Å². The molecule has 0 saturated carbocycles. The minimum atomic E-state index is 0.550. The first kappa shape index (κ1) is 15.0. The smallest absolute Gasteiger partial charge is 0.203 e. The van der Waals surface area contributed by atoms with Crippen LogP contribution in [0.25, 0.3) is 11.3 Å². The molecule has 0 aliphatic carbocycles. The summed E-state index contributed by atoms with van der Waals surface area (Å²) in [6.07, 6.45) is 0. The number of methoxy groups -OCH3 is 3. The number of anilines is 1. The van der Waals surface area contributed by atoms with Gasteiger partial charge in [0, 0.05) is 12.1 Å². The molecule has 1 heterocycles. The Kier molecular flexibility index (Phi) is 4.26. The lowest BCUT2D eigenvalue weighted by Crippen LogP contribution is -2.02. The highest BCUT2D eigenvalue weighted by molar-refractivity contribution is 5.75. The zero-order valence-corrected chi connectivity index (χ0v) is 13.1. The van der Waals surface area contributed by atoms with Crippen molar-refractivity contribution in [3.8, 4) is 28.5 Å². The Morgan fingerprint density at radius 2 is 1.67 bits per heavy atom. The number of ether oxygens (including phenoxy) is 3. The normalized spacial score (nSPS) is 10.5. The van der Waals surface area contributed by atoms with Crippen LogP contribution >= 0.6 is 0 Å². The van der Waals surface area contributed by atoms with Crippen LogP contribution in [0.4, 0.5) is 5.82 Å². The van der Waals surface area contributed by atoms with Crippen LogP contribution in [-0.4, -0.2) is 30.9 Å². The average molecular weight is 291 g/mol. The third-order valence-corrected chi connectivity index (χ3v) is 3.45. The maximum absolute atomic E-state index is 6.19. The summed E-state index contributed by atoms with van der Waals surface area (Å²) in [5.41, 5.74) is 7.74. The summed E-state index contributed by atoms with van der Waals surface area (Å²) in [5, 5.41) is 0. The topological polar surface area (TPSA) is 71.5 Å². The Labute approximate surface area is 124 Å². The molecule has 0 radical (unpaired) electrons. The van der Waals surface area contributed by atoms with Crippen LogP contribution in [0.3, 0.4) is 0 Å². The third kappa shape index (κ3) is 2.49. The van der Waals surface area contributed by atoms with Crippen molar-refractivity contribution in [1.82, 2.24) is 9.55 Å². The minimum absolute atomic E-state index is 0.550. The number of rotatable bonds is 5. The Bertz CT molecular complexity index is 625. The van der Waals surface area contributed by atoms with Gasteiger partial charge in [-0.1, -0.05) is 0 Å². The van der Waals surface area contributed by atoms with E-state index in [0.29, 0.717) is 28.8 Å². The van der Waals surface area contributed by atoms with Crippen LogP contribution in [0.2, 0.25) is 0 Å². The lowest BCUT2D eigenvalue weighted by Gasteiger charge is -2.13. The highest BCUT2D eigenvalue weighted by Crippen LogP contribution is 2.42. The van der Waals surface area contributed by atoms with Gasteiger partial charge in [-0.25, -0.2) is 4.98 Å². The zero-order valence-electron chi connectivity index (χ0n) is 13.1. The number of nitrogen functional groups attached to an aromatic ring is 1. The molecular formula is C15H21N3O3. The molecule has 2 aromatic rings. The molecule has 0 bridgehead atoms. The van der Waals surface area contributed by atoms with Gasteiger partial charge in [-0.2, -0.15) is 0 Å². The number of hydrogen-bond donors (Lipinski definition) is 1. The van der Waals surface area contributed by atoms with Crippen LogP contribution in [0.5, 0.6) is 17.2 Å². The van der Waals surface area contributed by atoms with Gasteiger partial charge in [0.05, 0.1) is 21.3 Å². The van der Waals surface area contributed by atoms with Gasteiger partial charge < -0.3 is 24.5 Å². The molecule has 0 fully saturated rings. The molecule has 21 heavy (non-hydrogen) atoms. The van der Waals surface area contributed by atoms with E-state index in [-0.39, 0.29) is 0 Å². The second-order valence-electron chi connectivity index (χ2n) is 4.55. The molecule has 0 aliphatic rings. The number of nitrogens with two attached hydrogens (primary N) is 1. The molecule has 1 aromatic heterocycles. The number of hydrogen-bond acceptors (Lipinski definition) is 5. The maximum Gasteiger partial charge on any atom is 0.203 e. The van der Waals surface area contributed by atoms with E-state index in [2.05, 4.69) is 4.98 Å². The Balaban J connectivity index is 2.64. The molecule has 6 heteroatoms. The minimum Gasteiger partial charge on any atom is -0.493 e. The van der Waals surface area contributed by atoms with Crippen molar-refractivity contribution in [1.29, 1.82) is 0 Å². The molecule has 6 nitrogen and oxygen atoms in total. The Morgan fingerprint density at radius 3 is 2.05 bits per heavy atom. The van der Waals surface area contributed by atoms with Gasteiger partial charge in [-0.15, -0.1) is 0 Å². The largest absolute Gasteiger partial charge is 0.493 e. The van der Waals surface area contributed by atoms with Gasteiger partial charge in [-0.05, 0) is 26.0 Å². The lowest BCUT2D eigenvalue weighted by atomic mass is 10.1. The lowest BCUT2D eigenvalue weighted by molar-refractivity contribution is 0.324. The first-order valence-electron chi connectivity index (χ1n) is 6.70. The number of aromatic nitrogens is 2. The molecule has 0 spiro atoms.